The van der Waals surface area contributed by atoms with Gasteiger partial charge in [0.25, 0.3) is 0 Å². The van der Waals surface area contributed by atoms with Crippen LogP contribution in [-0.2, 0) is 33.9 Å². The van der Waals surface area contributed by atoms with Gasteiger partial charge in [-0.1, -0.05) is 32.4 Å². The van der Waals surface area contributed by atoms with E-state index in [1.807, 2.05) is 39.8 Å². The highest BCUT2D eigenvalue weighted by Gasteiger charge is 2.63. The molecule has 1 N–H and O–H groups in total. The summed E-state index contributed by atoms with van der Waals surface area (Å²) in [6.07, 6.45) is 0.0608. The predicted molar refractivity (Wildman–Crippen MR) is 220 cm³/mol. The maximum Gasteiger partial charge on any atom is 0.427 e. The average molecular weight is 877 g/mol. The minimum Gasteiger partial charge on any atom is -0.491 e. The van der Waals surface area contributed by atoms with E-state index in [1.54, 1.807) is 32.0 Å². The summed E-state index contributed by atoms with van der Waals surface area (Å²) in [5.41, 5.74) is -2.70. The fourth-order valence-corrected chi connectivity index (χ4v) is 9.96. The Labute approximate surface area is 356 Å². The van der Waals surface area contributed by atoms with Crippen molar-refractivity contribution < 1.29 is 55.0 Å². The van der Waals surface area contributed by atoms with Gasteiger partial charge in [0.15, 0.2) is 5.78 Å². The molecule has 6 rings (SSSR count). The smallest absolute Gasteiger partial charge is 0.427 e. The van der Waals surface area contributed by atoms with Gasteiger partial charge in [-0.25, -0.2) is 18.4 Å². The molecule has 2 aliphatic carbocycles. The van der Waals surface area contributed by atoms with Gasteiger partial charge in [-0.2, -0.15) is 13.2 Å². The molecular formula is C44H59F3N4O9S. The number of aryl methyl sites for hydroxylation is 1. The number of allylic oxidation sites excluding steroid dienone is 2. The highest BCUT2D eigenvalue weighted by Crippen LogP contribution is 2.58. The number of nitrogens with zero attached hydrogens (tertiary/aromatic N) is 3. The number of carbonyl (C=O) groups excluding carboxylic acids is 4. The lowest BCUT2D eigenvalue weighted by Crippen LogP contribution is -2.49. The number of nitrogens with one attached hydrogen (secondary N) is 1. The normalized spacial score (nSPS) is 28.9. The highest BCUT2D eigenvalue weighted by atomic mass is 32.2. The third-order valence-electron chi connectivity index (χ3n) is 13.0. The van der Waals surface area contributed by atoms with Crippen molar-refractivity contribution in [2.75, 3.05) is 6.54 Å². The first-order chi connectivity index (χ1) is 28.4. The summed E-state index contributed by atoms with van der Waals surface area (Å²) in [6, 6.07) is 4.10. The Kier molecular flexibility index (Phi) is 13.0. The molecule has 2 amide bonds. The number of sulfonamides is 1. The van der Waals surface area contributed by atoms with E-state index in [9.17, 15) is 36.0 Å². The van der Waals surface area contributed by atoms with E-state index < -0.39 is 91.8 Å². The first-order valence-corrected chi connectivity index (χ1v) is 22.8. The summed E-state index contributed by atoms with van der Waals surface area (Å²) in [7, 11) is -4.04. The number of ketones is 1. The van der Waals surface area contributed by atoms with Crippen molar-refractivity contribution in [2.24, 2.45) is 29.1 Å². The van der Waals surface area contributed by atoms with Crippen LogP contribution in [-0.4, -0.2) is 88.2 Å². The number of alkyl halides is 3. The maximum atomic E-state index is 15.0. The van der Waals surface area contributed by atoms with E-state index >= 15 is 4.79 Å². The average Bonchev–Trinajstić information content (AvgIpc) is 4.04. The first kappa shape index (κ1) is 46.2. The largest absolute Gasteiger partial charge is 0.491 e. The van der Waals surface area contributed by atoms with Gasteiger partial charge in [0.05, 0.1) is 52.2 Å². The van der Waals surface area contributed by atoms with E-state index in [0.717, 1.165) is 13.8 Å². The lowest BCUT2D eigenvalue weighted by Gasteiger charge is -2.34. The van der Waals surface area contributed by atoms with Crippen molar-refractivity contribution >= 4 is 44.6 Å². The van der Waals surface area contributed by atoms with Crippen molar-refractivity contribution in [1.29, 1.82) is 0 Å². The van der Waals surface area contributed by atoms with Crippen molar-refractivity contribution in [1.82, 2.24) is 19.6 Å². The van der Waals surface area contributed by atoms with E-state index in [4.69, 9.17) is 19.2 Å². The third-order valence-corrected chi connectivity index (χ3v) is 15.1. The molecular weight excluding hydrogens is 818 g/mol. The van der Waals surface area contributed by atoms with Gasteiger partial charge in [0, 0.05) is 18.9 Å². The molecule has 0 spiro atoms. The number of ether oxygens (including phenoxy) is 3. The zero-order valence-corrected chi connectivity index (χ0v) is 37.1. The Morgan fingerprint density at radius 1 is 1.08 bits per heavy atom. The molecule has 3 fully saturated rings. The molecule has 0 bridgehead atoms. The molecule has 3 heterocycles. The second-order valence-electron chi connectivity index (χ2n) is 18.7. The molecule has 13 nitrogen and oxygen atoms in total. The molecule has 0 unspecified atom stereocenters. The van der Waals surface area contributed by atoms with Gasteiger partial charge in [-0.05, 0) is 110 Å². The van der Waals surface area contributed by atoms with E-state index in [2.05, 4.69) is 9.71 Å². The summed E-state index contributed by atoms with van der Waals surface area (Å²) < 4.78 is 86.6. The van der Waals surface area contributed by atoms with Crippen LogP contribution in [0, 0.1) is 36.0 Å². The van der Waals surface area contributed by atoms with Crippen LogP contribution in [0.5, 0.6) is 11.6 Å². The summed E-state index contributed by atoms with van der Waals surface area (Å²) in [5.74, 6) is -4.42. The van der Waals surface area contributed by atoms with Crippen molar-refractivity contribution in [3.8, 4) is 11.6 Å². The van der Waals surface area contributed by atoms with Crippen molar-refractivity contribution in [2.45, 2.75) is 154 Å². The van der Waals surface area contributed by atoms with Crippen molar-refractivity contribution in [3.63, 3.8) is 0 Å². The van der Waals surface area contributed by atoms with E-state index in [-0.39, 0.29) is 43.7 Å². The van der Waals surface area contributed by atoms with E-state index in [0.29, 0.717) is 61.0 Å². The van der Waals surface area contributed by atoms with Crippen LogP contribution in [0.25, 0.3) is 11.0 Å². The van der Waals surface area contributed by atoms with Gasteiger partial charge in [0.1, 0.15) is 17.5 Å². The maximum absolute atomic E-state index is 15.0. The number of amides is 2. The number of fused-ring (bicyclic) bond motifs is 3. The fourth-order valence-electron chi connectivity index (χ4n) is 8.63. The fraction of sp³-hybridized carbons (Fsp3) is 0.682. The summed E-state index contributed by atoms with van der Waals surface area (Å²) >= 11 is 0. The van der Waals surface area contributed by atoms with Gasteiger partial charge in [0.2, 0.25) is 33.3 Å². The molecule has 1 aromatic carbocycles. The summed E-state index contributed by atoms with van der Waals surface area (Å²) in [4.78, 5) is 67.9. The Morgan fingerprint density at radius 3 is 2.43 bits per heavy atom. The number of Topliss-reactive ketones (excluding diaryl/α,β-unsaturated/α-hetero) is 1. The van der Waals surface area contributed by atoms with Gasteiger partial charge >= 0.3 is 12.1 Å². The molecule has 7 atom stereocenters. The lowest BCUT2D eigenvalue weighted by atomic mass is 9.79. The number of esters is 1. The topological polar surface area (TPSA) is 171 Å². The minimum absolute atomic E-state index is 0.0161. The van der Waals surface area contributed by atoms with Crippen LogP contribution in [0.2, 0.25) is 0 Å². The number of benzene rings is 1. The van der Waals surface area contributed by atoms with Crippen LogP contribution >= 0.6 is 0 Å². The third kappa shape index (κ3) is 10.0. The molecule has 0 radical (unpaired) electrons. The van der Waals surface area contributed by atoms with Gasteiger partial charge in [-0.15, -0.1) is 0 Å². The molecule has 2 aliphatic heterocycles. The zero-order chi connectivity index (χ0) is 44.9. The highest BCUT2D eigenvalue weighted by molar-refractivity contribution is 7.91. The summed E-state index contributed by atoms with van der Waals surface area (Å²) in [5, 5.41) is 0. The SMILES string of the molecule is CC[C@@H]1C[C@H](C)CC/C=C\[C@@H]2C[C@@]2(C(=O)NS(=O)(=O)C2(C)CC2)CC(=O)[C@@H]2C[C@@H](Oc3nc4cc(OC(C)C)ccc4nc3C)CN2C(=O)[C@H]1CC(=O)OC(C)(C)C(F)(F)F. The van der Waals surface area contributed by atoms with Gasteiger partial charge in [-0.3, -0.25) is 23.9 Å². The quantitative estimate of drug-likeness (QED) is 0.177. The minimum atomic E-state index is -4.87. The number of carbonyl (C=O) groups is 4. The molecule has 2 aromatic rings. The van der Waals surface area contributed by atoms with Crippen LogP contribution in [0.1, 0.15) is 118 Å². The molecule has 61 heavy (non-hydrogen) atoms. The molecule has 2 saturated carbocycles. The monoisotopic (exact) mass is 876 g/mol. The van der Waals surface area contributed by atoms with Gasteiger partial charge < -0.3 is 19.1 Å². The Hall–Kier alpha value is -4.28. The van der Waals surface area contributed by atoms with Crippen LogP contribution in [0.15, 0.2) is 30.4 Å². The molecule has 1 saturated heterocycles. The van der Waals surface area contributed by atoms with Crippen molar-refractivity contribution in [3.05, 3.63) is 36.0 Å². The second-order valence-corrected chi connectivity index (χ2v) is 20.9. The molecule has 4 aliphatic rings. The Bertz CT molecular complexity index is 2170. The standard InChI is InChI=1S/C44H59F3N4O9S/c1-9-28-18-26(4)12-10-11-13-29-22-43(29,40(55)50-61(56,57)42(8)16-17-42)23-36(52)35-20-31(24-51(35)39(54)32(28)21-37(53)60-41(6,7)44(45,46)47)59-38-27(5)48-33-15-14-30(58-25(2)3)19-34(33)49-38/h11,13-15,19,25-26,28-29,31-32,35H,9-10,12,16-18,20-24H2,1-8H3,(H,50,55)/b13-11-/t26-,28-,29-,31-,32+,35+,43-/m1/s1. The van der Waals surface area contributed by atoms with Crippen LogP contribution in [0.4, 0.5) is 13.2 Å². The number of rotatable bonds is 11. The number of halogens is 3. The molecule has 336 valence electrons. The molecule has 1 aromatic heterocycles. The first-order valence-electron chi connectivity index (χ1n) is 21.4. The second kappa shape index (κ2) is 17.1. The number of hydrogen-bond donors (Lipinski definition) is 1. The number of aromatic nitrogens is 2. The Morgan fingerprint density at radius 2 is 1.79 bits per heavy atom. The van der Waals surface area contributed by atoms with Crippen LogP contribution < -0.4 is 14.2 Å². The van der Waals surface area contributed by atoms with E-state index in [1.165, 1.54) is 4.90 Å². The predicted octanol–water partition coefficient (Wildman–Crippen LogP) is 7.33. The lowest BCUT2D eigenvalue weighted by molar-refractivity contribution is -0.257. The van der Waals surface area contributed by atoms with Crippen LogP contribution in [0.3, 0.4) is 0 Å². The zero-order valence-electron chi connectivity index (χ0n) is 36.3. The Balaban J connectivity index is 1.37. The summed E-state index contributed by atoms with van der Waals surface area (Å²) in [6.45, 7) is 12.2. The number of hydrogen-bond acceptors (Lipinski definition) is 11. The molecule has 17 heteroatoms.